The van der Waals surface area contributed by atoms with Crippen molar-refractivity contribution in [1.82, 2.24) is 4.90 Å². The number of nitrogens with zero attached hydrogens (tertiary/aromatic N) is 1. The Balaban J connectivity index is 1.56. The first-order valence-corrected chi connectivity index (χ1v) is 7.27. The van der Waals surface area contributed by atoms with Crippen LogP contribution >= 0.6 is 0 Å². The molecule has 0 aromatic carbocycles. The molecule has 2 saturated carbocycles. The summed E-state index contributed by atoms with van der Waals surface area (Å²) in [5, 5.41) is 0. The van der Waals surface area contributed by atoms with E-state index in [1.165, 1.54) is 32.1 Å². The van der Waals surface area contributed by atoms with Gasteiger partial charge in [-0.1, -0.05) is 12.8 Å². The summed E-state index contributed by atoms with van der Waals surface area (Å²) in [5.74, 6) is 2.38. The van der Waals surface area contributed by atoms with Gasteiger partial charge in [0.2, 0.25) is 5.91 Å². The van der Waals surface area contributed by atoms with Crippen molar-refractivity contribution in [2.75, 3.05) is 13.1 Å². The van der Waals surface area contributed by atoms with Gasteiger partial charge < -0.3 is 10.6 Å². The summed E-state index contributed by atoms with van der Waals surface area (Å²) >= 11 is 0. The molecule has 96 valence electrons. The van der Waals surface area contributed by atoms with Crippen LogP contribution in [0.1, 0.15) is 44.9 Å². The molecular formula is C14H24N2O. The fraction of sp³-hybridized carbons (Fsp3) is 0.929. The van der Waals surface area contributed by atoms with E-state index >= 15 is 0 Å². The molecule has 3 aliphatic rings. The highest BCUT2D eigenvalue weighted by Crippen LogP contribution is 2.37. The average Bonchev–Trinajstić information content (AvgIpc) is 2.68. The van der Waals surface area contributed by atoms with E-state index in [-0.39, 0.29) is 0 Å². The quantitative estimate of drug-likeness (QED) is 0.794. The van der Waals surface area contributed by atoms with Crippen LogP contribution in [-0.2, 0) is 4.79 Å². The number of hydrogen-bond donors (Lipinski definition) is 1. The second kappa shape index (κ2) is 4.60. The van der Waals surface area contributed by atoms with Gasteiger partial charge in [-0.05, 0) is 43.4 Å². The van der Waals surface area contributed by atoms with Crippen molar-refractivity contribution in [3.05, 3.63) is 0 Å². The summed E-state index contributed by atoms with van der Waals surface area (Å²) < 4.78 is 0. The molecular weight excluding hydrogens is 212 g/mol. The van der Waals surface area contributed by atoms with Crippen LogP contribution in [0.4, 0.5) is 0 Å². The molecule has 2 aliphatic carbocycles. The highest BCUT2D eigenvalue weighted by Gasteiger charge is 2.40. The molecule has 3 nitrogen and oxygen atoms in total. The highest BCUT2D eigenvalue weighted by molar-refractivity contribution is 5.76. The van der Waals surface area contributed by atoms with Crippen LogP contribution in [0.5, 0.6) is 0 Å². The second-order valence-electron chi connectivity index (χ2n) is 6.32. The minimum atomic E-state index is 0.343. The molecule has 17 heavy (non-hydrogen) atoms. The predicted molar refractivity (Wildman–Crippen MR) is 67.3 cm³/mol. The fourth-order valence-electron chi connectivity index (χ4n) is 3.79. The van der Waals surface area contributed by atoms with Gasteiger partial charge >= 0.3 is 0 Å². The van der Waals surface area contributed by atoms with Crippen LogP contribution < -0.4 is 5.73 Å². The normalized spacial score (nSPS) is 37.7. The third-order valence-corrected chi connectivity index (χ3v) is 5.19. The van der Waals surface area contributed by atoms with E-state index in [4.69, 9.17) is 5.73 Å². The molecule has 1 amide bonds. The third-order valence-electron chi connectivity index (χ3n) is 5.19. The van der Waals surface area contributed by atoms with Crippen LogP contribution in [0.2, 0.25) is 0 Å². The molecule has 3 fully saturated rings. The Morgan fingerprint density at radius 1 is 1.12 bits per heavy atom. The molecule has 1 heterocycles. The number of nitrogens with two attached hydrogens (primary N) is 1. The third kappa shape index (κ3) is 2.22. The Bertz CT molecular complexity index is 301. The Labute approximate surface area is 104 Å². The molecule has 0 aromatic rings. The van der Waals surface area contributed by atoms with Crippen LogP contribution in [-0.4, -0.2) is 29.9 Å². The predicted octanol–water partition coefficient (Wildman–Crippen LogP) is 1.76. The average molecular weight is 236 g/mol. The number of fused-ring (bicyclic) bond motifs is 1. The molecule has 3 heteroatoms. The first kappa shape index (κ1) is 11.5. The van der Waals surface area contributed by atoms with E-state index in [9.17, 15) is 4.79 Å². The highest BCUT2D eigenvalue weighted by atomic mass is 16.2. The smallest absolute Gasteiger partial charge is 0.222 e. The van der Waals surface area contributed by atoms with Gasteiger partial charge in [-0.25, -0.2) is 0 Å². The van der Waals surface area contributed by atoms with Crippen LogP contribution in [0, 0.1) is 17.8 Å². The van der Waals surface area contributed by atoms with Crippen molar-refractivity contribution in [2.24, 2.45) is 23.5 Å². The molecule has 2 N–H and O–H groups in total. The number of likely N-dealkylation sites (tertiary alicyclic amines) is 1. The summed E-state index contributed by atoms with van der Waals surface area (Å²) in [6.45, 7) is 1.93. The van der Waals surface area contributed by atoms with Crippen molar-refractivity contribution in [2.45, 2.75) is 51.0 Å². The van der Waals surface area contributed by atoms with Crippen molar-refractivity contribution in [3.8, 4) is 0 Å². The van der Waals surface area contributed by atoms with E-state index in [2.05, 4.69) is 4.90 Å². The lowest BCUT2D eigenvalue weighted by Gasteiger charge is -2.29. The van der Waals surface area contributed by atoms with Gasteiger partial charge in [-0.3, -0.25) is 4.79 Å². The standard InChI is InChI=1S/C14H24N2O/c15-13-6-2-5-11-8-16(9-12(11)13)14(17)7-10-3-1-4-10/h10-13H,1-9,15H2. The lowest BCUT2D eigenvalue weighted by atomic mass is 9.78. The molecule has 3 unspecified atom stereocenters. The Morgan fingerprint density at radius 2 is 1.88 bits per heavy atom. The summed E-state index contributed by atoms with van der Waals surface area (Å²) in [7, 11) is 0. The van der Waals surface area contributed by atoms with Gasteiger partial charge in [-0.15, -0.1) is 0 Å². The fourth-order valence-corrected chi connectivity index (χ4v) is 3.79. The maximum absolute atomic E-state index is 12.2. The van der Waals surface area contributed by atoms with E-state index < -0.39 is 0 Å². The van der Waals surface area contributed by atoms with Crippen LogP contribution in [0.15, 0.2) is 0 Å². The zero-order valence-corrected chi connectivity index (χ0v) is 10.6. The number of rotatable bonds is 2. The van der Waals surface area contributed by atoms with Gasteiger partial charge in [0.1, 0.15) is 0 Å². The molecule has 0 spiro atoms. The molecule has 0 radical (unpaired) electrons. The SMILES string of the molecule is NC1CCCC2CN(C(=O)CC3CCC3)CC12. The molecule has 1 saturated heterocycles. The van der Waals surface area contributed by atoms with Crippen LogP contribution in [0.25, 0.3) is 0 Å². The molecule has 3 rings (SSSR count). The largest absolute Gasteiger partial charge is 0.342 e. The maximum Gasteiger partial charge on any atom is 0.222 e. The summed E-state index contributed by atoms with van der Waals surface area (Å²) in [6.07, 6.45) is 8.37. The van der Waals surface area contributed by atoms with Crippen molar-refractivity contribution in [1.29, 1.82) is 0 Å². The maximum atomic E-state index is 12.2. The Hall–Kier alpha value is -0.570. The van der Waals surface area contributed by atoms with Gasteiger partial charge in [0, 0.05) is 25.6 Å². The number of carbonyl (C=O) groups excluding carboxylic acids is 1. The number of carbonyl (C=O) groups is 1. The van der Waals surface area contributed by atoms with Crippen molar-refractivity contribution >= 4 is 5.91 Å². The second-order valence-corrected chi connectivity index (χ2v) is 6.32. The van der Waals surface area contributed by atoms with Crippen molar-refractivity contribution in [3.63, 3.8) is 0 Å². The summed E-state index contributed by atoms with van der Waals surface area (Å²) in [6, 6.07) is 0.343. The number of amides is 1. The van der Waals surface area contributed by atoms with E-state index in [0.29, 0.717) is 29.7 Å². The zero-order chi connectivity index (χ0) is 11.8. The minimum absolute atomic E-state index is 0.343. The molecule has 0 aromatic heterocycles. The number of hydrogen-bond acceptors (Lipinski definition) is 2. The van der Waals surface area contributed by atoms with Crippen LogP contribution in [0.3, 0.4) is 0 Å². The van der Waals surface area contributed by atoms with Gasteiger partial charge in [0.05, 0.1) is 0 Å². The van der Waals surface area contributed by atoms with Gasteiger partial charge in [0.25, 0.3) is 0 Å². The van der Waals surface area contributed by atoms with E-state index in [1.54, 1.807) is 0 Å². The first-order chi connectivity index (χ1) is 8.24. The lowest BCUT2D eigenvalue weighted by molar-refractivity contribution is -0.132. The van der Waals surface area contributed by atoms with E-state index in [1.807, 2.05) is 0 Å². The molecule has 3 atom stereocenters. The first-order valence-electron chi connectivity index (χ1n) is 7.27. The molecule has 1 aliphatic heterocycles. The Kier molecular flexibility index (Phi) is 3.12. The zero-order valence-electron chi connectivity index (χ0n) is 10.6. The van der Waals surface area contributed by atoms with Gasteiger partial charge in [0.15, 0.2) is 0 Å². The van der Waals surface area contributed by atoms with Gasteiger partial charge in [-0.2, -0.15) is 0 Å². The van der Waals surface area contributed by atoms with Crippen molar-refractivity contribution < 1.29 is 4.79 Å². The summed E-state index contributed by atoms with van der Waals surface area (Å²) in [5.41, 5.74) is 6.18. The lowest BCUT2D eigenvalue weighted by Crippen LogP contribution is -2.38. The van der Waals surface area contributed by atoms with E-state index in [0.717, 1.165) is 25.9 Å². The Morgan fingerprint density at radius 3 is 2.53 bits per heavy atom. The summed E-state index contributed by atoms with van der Waals surface area (Å²) in [4.78, 5) is 14.3. The monoisotopic (exact) mass is 236 g/mol. The minimum Gasteiger partial charge on any atom is -0.342 e. The topological polar surface area (TPSA) is 46.3 Å². The molecule has 0 bridgehead atoms.